The standard InChI is InChI=1S/C9H19N3O3/c1-7(10-2)9(14)12-6-8(13)11-4-5-15-3/h7,10H,4-6H2,1-3H3,(H,11,13)(H,12,14). The summed E-state index contributed by atoms with van der Waals surface area (Å²) >= 11 is 0. The number of hydrogen-bond donors (Lipinski definition) is 3. The van der Waals surface area contributed by atoms with Crippen molar-refractivity contribution in [2.75, 3.05) is 33.9 Å². The van der Waals surface area contributed by atoms with E-state index >= 15 is 0 Å². The Morgan fingerprint density at radius 1 is 1.33 bits per heavy atom. The fourth-order valence-electron chi connectivity index (χ4n) is 0.807. The van der Waals surface area contributed by atoms with Crippen LogP contribution in [-0.2, 0) is 14.3 Å². The lowest BCUT2D eigenvalue weighted by Gasteiger charge is -2.10. The van der Waals surface area contributed by atoms with E-state index in [1.54, 1.807) is 21.1 Å². The van der Waals surface area contributed by atoms with Crippen LogP contribution in [0.25, 0.3) is 0 Å². The normalized spacial score (nSPS) is 11.9. The summed E-state index contributed by atoms with van der Waals surface area (Å²) < 4.78 is 4.76. The van der Waals surface area contributed by atoms with Crippen molar-refractivity contribution in [2.24, 2.45) is 0 Å². The van der Waals surface area contributed by atoms with Gasteiger partial charge in [-0.1, -0.05) is 0 Å². The summed E-state index contributed by atoms with van der Waals surface area (Å²) in [4.78, 5) is 22.4. The second kappa shape index (κ2) is 8.19. The first-order valence-electron chi connectivity index (χ1n) is 4.82. The van der Waals surface area contributed by atoms with Gasteiger partial charge in [0.05, 0.1) is 19.2 Å². The smallest absolute Gasteiger partial charge is 0.239 e. The Morgan fingerprint density at radius 2 is 2.00 bits per heavy atom. The van der Waals surface area contributed by atoms with Crippen LogP contribution >= 0.6 is 0 Å². The summed E-state index contributed by atoms with van der Waals surface area (Å²) in [5.41, 5.74) is 0. The highest BCUT2D eigenvalue weighted by Gasteiger charge is 2.10. The molecule has 0 fully saturated rings. The number of nitrogens with one attached hydrogen (secondary N) is 3. The van der Waals surface area contributed by atoms with Gasteiger partial charge in [0.15, 0.2) is 0 Å². The van der Waals surface area contributed by atoms with Crippen LogP contribution < -0.4 is 16.0 Å². The van der Waals surface area contributed by atoms with Gasteiger partial charge in [0.2, 0.25) is 11.8 Å². The molecule has 0 rings (SSSR count). The van der Waals surface area contributed by atoms with Crippen molar-refractivity contribution in [2.45, 2.75) is 13.0 Å². The summed E-state index contributed by atoms with van der Waals surface area (Å²) in [6.45, 7) is 2.63. The van der Waals surface area contributed by atoms with Gasteiger partial charge in [0.1, 0.15) is 0 Å². The summed E-state index contributed by atoms with van der Waals surface area (Å²) in [7, 11) is 3.24. The van der Waals surface area contributed by atoms with E-state index in [9.17, 15) is 9.59 Å². The Kier molecular flexibility index (Phi) is 7.57. The molecular formula is C9H19N3O3. The highest BCUT2D eigenvalue weighted by atomic mass is 16.5. The van der Waals surface area contributed by atoms with Gasteiger partial charge in [0, 0.05) is 13.7 Å². The number of methoxy groups -OCH3 is 1. The molecule has 0 aliphatic carbocycles. The second-order valence-electron chi connectivity index (χ2n) is 3.07. The van der Waals surface area contributed by atoms with Crippen molar-refractivity contribution in [1.29, 1.82) is 0 Å². The molecule has 0 heterocycles. The molecular weight excluding hydrogens is 198 g/mol. The SMILES string of the molecule is CNC(C)C(=O)NCC(=O)NCCOC. The van der Waals surface area contributed by atoms with Crippen molar-refractivity contribution in [1.82, 2.24) is 16.0 Å². The maximum absolute atomic E-state index is 11.2. The predicted octanol–water partition coefficient (Wildman–Crippen LogP) is -1.53. The monoisotopic (exact) mass is 217 g/mol. The molecule has 1 unspecified atom stereocenters. The fourth-order valence-corrected chi connectivity index (χ4v) is 0.807. The van der Waals surface area contributed by atoms with E-state index in [1.165, 1.54) is 0 Å². The number of ether oxygens (including phenoxy) is 1. The molecule has 0 spiro atoms. The number of amides is 2. The van der Waals surface area contributed by atoms with E-state index in [1.807, 2.05) is 0 Å². The molecule has 88 valence electrons. The summed E-state index contributed by atoms with van der Waals surface area (Å²) in [5.74, 6) is -0.414. The van der Waals surface area contributed by atoms with Crippen LogP contribution in [0.3, 0.4) is 0 Å². The van der Waals surface area contributed by atoms with Crippen molar-refractivity contribution in [3.8, 4) is 0 Å². The van der Waals surface area contributed by atoms with Gasteiger partial charge in [0.25, 0.3) is 0 Å². The lowest BCUT2D eigenvalue weighted by Crippen LogP contribution is -2.45. The molecule has 6 heteroatoms. The van der Waals surface area contributed by atoms with Crippen LogP contribution in [0.15, 0.2) is 0 Å². The number of rotatable bonds is 7. The highest BCUT2D eigenvalue weighted by molar-refractivity contribution is 5.87. The highest BCUT2D eigenvalue weighted by Crippen LogP contribution is 1.78. The quantitative estimate of drug-likeness (QED) is 0.452. The largest absolute Gasteiger partial charge is 0.383 e. The number of carbonyl (C=O) groups excluding carboxylic acids is 2. The first-order valence-corrected chi connectivity index (χ1v) is 4.82. The number of likely N-dealkylation sites (N-methyl/N-ethyl adjacent to an activating group) is 1. The van der Waals surface area contributed by atoms with Crippen LogP contribution in [-0.4, -0.2) is 51.7 Å². The molecule has 0 radical (unpaired) electrons. The van der Waals surface area contributed by atoms with Gasteiger partial charge in [-0.05, 0) is 14.0 Å². The Bertz CT molecular complexity index is 209. The zero-order valence-corrected chi connectivity index (χ0v) is 9.42. The Balaban J connectivity index is 3.57. The zero-order valence-electron chi connectivity index (χ0n) is 9.42. The van der Waals surface area contributed by atoms with Gasteiger partial charge in [-0.3, -0.25) is 9.59 Å². The molecule has 0 bridgehead atoms. The second-order valence-corrected chi connectivity index (χ2v) is 3.07. The van der Waals surface area contributed by atoms with Crippen molar-refractivity contribution in [3.05, 3.63) is 0 Å². The molecule has 0 aliphatic rings. The van der Waals surface area contributed by atoms with Gasteiger partial charge < -0.3 is 20.7 Å². The van der Waals surface area contributed by atoms with Crippen LogP contribution in [0.2, 0.25) is 0 Å². The van der Waals surface area contributed by atoms with E-state index in [4.69, 9.17) is 4.74 Å². The first kappa shape index (κ1) is 13.9. The molecule has 0 aromatic carbocycles. The summed E-state index contributed by atoms with van der Waals surface area (Å²) in [5, 5.41) is 7.88. The van der Waals surface area contributed by atoms with E-state index in [-0.39, 0.29) is 24.4 Å². The van der Waals surface area contributed by atoms with Crippen molar-refractivity contribution < 1.29 is 14.3 Å². The summed E-state index contributed by atoms with van der Waals surface area (Å²) in [6, 6.07) is -0.295. The maximum atomic E-state index is 11.2. The van der Waals surface area contributed by atoms with Gasteiger partial charge in [-0.2, -0.15) is 0 Å². The lowest BCUT2D eigenvalue weighted by molar-refractivity contribution is -0.127. The van der Waals surface area contributed by atoms with Gasteiger partial charge in [-0.15, -0.1) is 0 Å². The Labute approximate surface area is 89.7 Å². The van der Waals surface area contributed by atoms with Crippen LogP contribution in [0, 0.1) is 0 Å². The number of hydrogen-bond acceptors (Lipinski definition) is 4. The zero-order chi connectivity index (χ0) is 11.7. The third kappa shape index (κ3) is 6.87. The van der Waals surface area contributed by atoms with Crippen LogP contribution in [0.4, 0.5) is 0 Å². The van der Waals surface area contributed by atoms with Gasteiger partial charge >= 0.3 is 0 Å². The average Bonchev–Trinajstić information content (AvgIpc) is 2.25. The minimum Gasteiger partial charge on any atom is -0.383 e. The Hall–Kier alpha value is -1.14. The third-order valence-electron chi connectivity index (χ3n) is 1.88. The Morgan fingerprint density at radius 3 is 2.53 bits per heavy atom. The molecule has 1 atom stereocenters. The molecule has 0 saturated carbocycles. The minimum atomic E-state index is -0.295. The minimum absolute atomic E-state index is 0.00539. The van der Waals surface area contributed by atoms with Crippen molar-refractivity contribution >= 4 is 11.8 Å². The van der Waals surface area contributed by atoms with E-state index in [2.05, 4.69) is 16.0 Å². The van der Waals surface area contributed by atoms with E-state index in [0.29, 0.717) is 13.2 Å². The third-order valence-corrected chi connectivity index (χ3v) is 1.88. The molecule has 0 aliphatic heterocycles. The summed E-state index contributed by atoms with van der Waals surface area (Å²) in [6.07, 6.45) is 0. The fraction of sp³-hybridized carbons (Fsp3) is 0.778. The maximum Gasteiger partial charge on any atom is 0.239 e. The molecule has 0 aromatic rings. The number of carbonyl (C=O) groups is 2. The average molecular weight is 217 g/mol. The molecule has 2 amide bonds. The first-order chi connectivity index (χ1) is 7.11. The van der Waals surface area contributed by atoms with Gasteiger partial charge in [-0.25, -0.2) is 0 Å². The predicted molar refractivity (Wildman–Crippen MR) is 56.4 cm³/mol. The topological polar surface area (TPSA) is 79.5 Å². The lowest BCUT2D eigenvalue weighted by atomic mass is 10.3. The molecule has 3 N–H and O–H groups in total. The van der Waals surface area contributed by atoms with Crippen LogP contribution in [0.5, 0.6) is 0 Å². The van der Waals surface area contributed by atoms with Crippen molar-refractivity contribution in [3.63, 3.8) is 0 Å². The van der Waals surface area contributed by atoms with E-state index < -0.39 is 0 Å². The molecule has 15 heavy (non-hydrogen) atoms. The molecule has 0 saturated heterocycles. The molecule has 0 aromatic heterocycles. The molecule has 6 nitrogen and oxygen atoms in total. The van der Waals surface area contributed by atoms with Crippen LogP contribution in [0.1, 0.15) is 6.92 Å². The van der Waals surface area contributed by atoms with E-state index in [0.717, 1.165) is 0 Å².